The van der Waals surface area contributed by atoms with Gasteiger partial charge >= 0.3 is 0 Å². The van der Waals surface area contributed by atoms with Crippen molar-refractivity contribution in [2.24, 2.45) is 5.41 Å². The first-order chi connectivity index (χ1) is 9.52. The fourth-order valence-corrected chi connectivity index (χ4v) is 2.03. The molecule has 6 heteroatoms. The van der Waals surface area contributed by atoms with Crippen LogP contribution in [0.2, 0.25) is 0 Å². The summed E-state index contributed by atoms with van der Waals surface area (Å²) in [5, 5.41) is 13.2. The molecular formula is C14H20N4O2. The summed E-state index contributed by atoms with van der Waals surface area (Å²) in [6.07, 6.45) is 2.32. The molecule has 0 spiro atoms. The van der Waals surface area contributed by atoms with Crippen LogP contribution in [0.5, 0.6) is 0 Å². The van der Waals surface area contributed by atoms with Gasteiger partial charge in [0.25, 0.3) is 5.56 Å². The number of aromatic nitrogens is 2. The Morgan fingerprint density at radius 1 is 1.45 bits per heavy atom. The average molecular weight is 276 g/mol. The third-order valence-electron chi connectivity index (χ3n) is 3.48. The van der Waals surface area contributed by atoms with E-state index in [2.05, 4.69) is 16.1 Å². The van der Waals surface area contributed by atoms with Crippen LogP contribution in [0.4, 0.5) is 5.69 Å². The molecule has 20 heavy (non-hydrogen) atoms. The SMILES string of the molecule is CC(C)(C#N)CCn1ncc(N2CCOCC2)cc1=O. The van der Waals surface area contributed by atoms with E-state index in [4.69, 9.17) is 10.00 Å². The Hall–Kier alpha value is -1.87. The first-order valence-corrected chi connectivity index (χ1v) is 6.83. The summed E-state index contributed by atoms with van der Waals surface area (Å²) < 4.78 is 6.71. The zero-order valence-electron chi connectivity index (χ0n) is 12.0. The van der Waals surface area contributed by atoms with E-state index in [1.165, 1.54) is 4.68 Å². The van der Waals surface area contributed by atoms with E-state index in [1.54, 1.807) is 12.3 Å². The second kappa shape index (κ2) is 6.06. The molecule has 0 aromatic carbocycles. The maximum atomic E-state index is 12.0. The van der Waals surface area contributed by atoms with Crippen molar-refractivity contribution in [3.05, 3.63) is 22.6 Å². The number of nitriles is 1. The molecule has 0 unspecified atom stereocenters. The van der Waals surface area contributed by atoms with E-state index in [0.29, 0.717) is 26.2 Å². The highest BCUT2D eigenvalue weighted by Gasteiger charge is 2.17. The van der Waals surface area contributed by atoms with Gasteiger partial charge < -0.3 is 9.64 Å². The monoisotopic (exact) mass is 276 g/mol. The fourth-order valence-electron chi connectivity index (χ4n) is 2.03. The number of morpholine rings is 1. The minimum atomic E-state index is -0.440. The smallest absolute Gasteiger partial charge is 0.268 e. The van der Waals surface area contributed by atoms with Crippen molar-refractivity contribution < 1.29 is 4.74 Å². The van der Waals surface area contributed by atoms with Crippen molar-refractivity contribution >= 4 is 5.69 Å². The Morgan fingerprint density at radius 2 is 2.15 bits per heavy atom. The Balaban J connectivity index is 2.06. The summed E-state index contributed by atoms with van der Waals surface area (Å²) in [5.41, 5.74) is 0.279. The molecule has 0 aliphatic carbocycles. The van der Waals surface area contributed by atoms with Gasteiger partial charge in [-0.25, -0.2) is 4.68 Å². The van der Waals surface area contributed by atoms with Gasteiger partial charge in [0.15, 0.2) is 0 Å². The van der Waals surface area contributed by atoms with Gasteiger partial charge in [0, 0.05) is 25.7 Å². The van der Waals surface area contributed by atoms with Gasteiger partial charge in [-0.2, -0.15) is 10.4 Å². The normalized spacial score (nSPS) is 15.9. The van der Waals surface area contributed by atoms with Crippen molar-refractivity contribution in [2.45, 2.75) is 26.8 Å². The van der Waals surface area contributed by atoms with Crippen LogP contribution in [0.1, 0.15) is 20.3 Å². The highest BCUT2D eigenvalue weighted by atomic mass is 16.5. The number of ether oxygens (including phenoxy) is 1. The van der Waals surface area contributed by atoms with Crippen LogP contribution in [0.25, 0.3) is 0 Å². The predicted octanol–water partition coefficient (Wildman–Crippen LogP) is 1.02. The van der Waals surface area contributed by atoms with Crippen LogP contribution in [0.3, 0.4) is 0 Å². The second-order valence-electron chi connectivity index (χ2n) is 5.62. The zero-order chi connectivity index (χ0) is 14.6. The third kappa shape index (κ3) is 3.58. The van der Waals surface area contributed by atoms with E-state index < -0.39 is 5.41 Å². The molecule has 0 amide bonds. The van der Waals surface area contributed by atoms with Crippen molar-refractivity contribution in [1.82, 2.24) is 9.78 Å². The molecular weight excluding hydrogens is 256 g/mol. The summed E-state index contributed by atoms with van der Waals surface area (Å²) in [6.45, 7) is 7.11. The van der Waals surface area contributed by atoms with E-state index in [0.717, 1.165) is 18.8 Å². The Kier molecular flexibility index (Phi) is 4.40. The molecule has 0 N–H and O–H groups in total. The van der Waals surface area contributed by atoms with Gasteiger partial charge in [0.1, 0.15) is 0 Å². The molecule has 1 saturated heterocycles. The van der Waals surface area contributed by atoms with E-state index in [-0.39, 0.29) is 5.56 Å². The zero-order valence-corrected chi connectivity index (χ0v) is 12.0. The first kappa shape index (κ1) is 14.5. The van der Waals surface area contributed by atoms with Gasteiger partial charge in [0.05, 0.1) is 36.6 Å². The van der Waals surface area contributed by atoms with Crippen LogP contribution in [0.15, 0.2) is 17.1 Å². The molecule has 2 rings (SSSR count). The van der Waals surface area contributed by atoms with E-state index >= 15 is 0 Å². The summed E-state index contributed by atoms with van der Waals surface area (Å²) in [7, 11) is 0. The summed E-state index contributed by atoms with van der Waals surface area (Å²) in [5.74, 6) is 0. The summed E-state index contributed by atoms with van der Waals surface area (Å²) in [6, 6.07) is 3.84. The van der Waals surface area contributed by atoms with Gasteiger partial charge in [-0.05, 0) is 20.3 Å². The van der Waals surface area contributed by atoms with Crippen LogP contribution in [0, 0.1) is 16.7 Å². The summed E-state index contributed by atoms with van der Waals surface area (Å²) in [4.78, 5) is 14.1. The number of rotatable bonds is 4. The van der Waals surface area contributed by atoms with E-state index in [9.17, 15) is 4.79 Å². The van der Waals surface area contributed by atoms with Crippen LogP contribution in [-0.4, -0.2) is 36.1 Å². The second-order valence-corrected chi connectivity index (χ2v) is 5.62. The highest BCUT2D eigenvalue weighted by molar-refractivity contribution is 5.43. The third-order valence-corrected chi connectivity index (χ3v) is 3.48. The molecule has 0 radical (unpaired) electrons. The molecule has 1 aliphatic heterocycles. The van der Waals surface area contributed by atoms with Crippen LogP contribution < -0.4 is 10.5 Å². The number of aryl methyl sites for hydroxylation is 1. The molecule has 0 bridgehead atoms. The first-order valence-electron chi connectivity index (χ1n) is 6.83. The minimum absolute atomic E-state index is 0.122. The number of nitrogens with zero attached hydrogens (tertiary/aromatic N) is 4. The Labute approximate surface area is 118 Å². The number of hydrogen-bond acceptors (Lipinski definition) is 5. The number of hydrogen-bond donors (Lipinski definition) is 0. The van der Waals surface area contributed by atoms with Crippen LogP contribution >= 0.6 is 0 Å². The van der Waals surface area contributed by atoms with Crippen molar-refractivity contribution in [3.63, 3.8) is 0 Å². The molecule has 0 atom stereocenters. The molecule has 2 heterocycles. The maximum Gasteiger partial charge on any atom is 0.268 e. The van der Waals surface area contributed by atoms with Crippen molar-refractivity contribution in [1.29, 1.82) is 5.26 Å². The molecule has 1 aromatic heterocycles. The maximum absolute atomic E-state index is 12.0. The van der Waals surface area contributed by atoms with Crippen molar-refractivity contribution in [2.75, 3.05) is 31.2 Å². The lowest BCUT2D eigenvalue weighted by molar-refractivity contribution is 0.122. The lowest BCUT2D eigenvalue weighted by atomic mass is 9.92. The number of anilines is 1. The molecule has 108 valence electrons. The minimum Gasteiger partial charge on any atom is -0.378 e. The lowest BCUT2D eigenvalue weighted by Crippen LogP contribution is -2.37. The van der Waals surface area contributed by atoms with Gasteiger partial charge in [-0.15, -0.1) is 0 Å². The van der Waals surface area contributed by atoms with Crippen molar-refractivity contribution in [3.8, 4) is 6.07 Å². The molecule has 1 aromatic rings. The lowest BCUT2D eigenvalue weighted by Gasteiger charge is -2.28. The molecule has 6 nitrogen and oxygen atoms in total. The largest absolute Gasteiger partial charge is 0.378 e. The van der Waals surface area contributed by atoms with Gasteiger partial charge in [-0.1, -0.05) is 0 Å². The summed E-state index contributed by atoms with van der Waals surface area (Å²) >= 11 is 0. The molecule has 1 aliphatic rings. The Bertz CT molecular complexity index is 553. The quantitative estimate of drug-likeness (QED) is 0.821. The average Bonchev–Trinajstić information content (AvgIpc) is 2.47. The molecule has 0 saturated carbocycles. The standard InChI is InChI=1S/C14H20N4O2/c1-14(2,11-15)3-4-18-13(19)9-12(10-16-18)17-5-7-20-8-6-17/h9-10H,3-8H2,1-2H3. The van der Waals surface area contributed by atoms with Gasteiger partial charge in [-0.3, -0.25) is 4.79 Å². The predicted molar refractivity (Wildman–Crippen MR) is 75.5 cm³/mol. The van der Waals surface area contributed by atoms with Gasteiger partial charge in [0.2, 0.25) is 0 Å². The fraction of sp³-hybridized carbons (Fsp3) is 0.643. The molecule has 1 fully saturated rings. The highest BCUT2D eigenvalue weighted by Crippen LogP contribution is 2.19. The van der Waals surface area contributed by atoms with E-state index in [1.807, 2.05) is 13.8 Å². The Morgan fingerprint density at radius 3 is 2.75 bits per heavy atom. The van der Waals surface area contributed by atoms with Crippen LogP contribution in [-0.2, 0) is 11.3 Å². The topological polar surface area (TPSA) is 71.2 Å².